The summed E-state index contributed by atoms with van der Waals surface area (Å²) in [6, 6.07) is 0. The fourth-order valence-electron chi connectivity index (χ4n) is 3.86. The molecule has 0 radical (unpaired) electrons. The molecule has 534 valence electrons. The molecule has 0 nitrogen and oxygen atoms in total. The Balaban J connectivity index is -0.0000000129. The fourth-order valence-corrected chi connectivity index (χ4v) is 10.2. The molecule has 0 atom stereocenters. The molecule has 0 fully saturated rings. The van der Waals surface area contributed by atoms with Gasteiger partial charge in [-0.25, -0.2) is 0 Å². The van der Waals surface area contributed by atoms with Crippen molar-refractivity contribution in [3.05, 3.63) is 46.6 Å². The molecule has 0 aromatic rings. The van der Waals surface area contributed by atoms with Crippen molar-refractivity contribution < 1.29 is 864 Å². The second-order valence-electron chi connectivity index (χ2n) is 19.6. The van der Waals surface area contributed by atoms with Crippen molar-refractivity contribution in [2.45, 2.75) is 157 Å². The van der Waals surface area contributed by atoms with Crippen LogP contribution in [-0.2, 0) is 864 Å². The maximum Gasteiger partial charge on any atom is 0 e. The molecular weight excluding hydrogens is 8330 g/mol. The van der Waals surface area contributed by atoms with Gasteiger partial charge in [0.15, 0.2) is 0 Å². The minimum absolute atomic E-state index is 0. The van der Waals surface area contributed by atoms with Gasteiger partial charge in [-0.15, -0.1) is 0 Å². The van der Waals surface area contributed by atoms with Gasteiger partial charge in [0, 0.05) is 632 Å². The first-order valence-electron chi connectivity index (χ1n) is 21.1. The van der Waals surface area contributed by atoms with Gasteiger partial charge in [-0.3, -0.25) is 0 Å². The third-order valence-electron chi connectivity index (χ3n) is 8.07. The fraction of sp³-hybridized carbons (Fsp3) is 0.608. The second kappa shape index (κ2) is 141. The van der Waals surface area contributed by atoms with Gasteiger partial charge in [-0.05, 0) is 0 Å². The normalized spacial score (nSPS) is 10.6. The first-order valence-corrected chi connectivity index (χ1v) is 38.7. The third kappa shape index (κ3) is 153. The van der Waals surface area contributed by atoms with E-state index in [4.69, 9.17) is 0 Å². The third-order valence-corrected chi connectivity index (χ3v) is 34.4. The average molecular weight is 8410 g/mol. The van der Waals surface area contributed by atoms with Gasteiger partial charge >= 0.3 is 531 Å². The Morgan fingerprint density at radius 1 is 0.269 bits per heavy atom. The van der Waals surface area contributed by atoms with Gasteiger partial charge in [0.25, 0.3) is 0 Å². The maximum absolute atomic E-state index is 3.19. The summed E-state index contributed by atoms with van der Waals surface area (Å²) in [7, 11) is 0. The van der Waals surface area contributed by atoms with Crippen molar-refractivity contribution in [2.75, 3.05) is 0 Å². The predicted molar refractivity (Wildman–Crippen MR) is 243 cm³/mol. The first-order chi connectivity index (χ1) is 28.4. The number of rotatable bonds is 5. The predicted octanol–water partition coefficient (Wildman–Crippen LogP) is 10.2. The van der Waals surface area contributed by atoms with Crippen LogP contribution in [-0.4, -0.2) is 48.8 Å². The standard InChI is InChI=1S/C9H12.3C8H10.2C5H9.2C4H7.42W/c1-9(2,3)8-6-4-5-7-8;3*1-7(2)8-5-3-4-6-8;2*1-5(2,3)4;2*1-4(2)3;;;;;;;;;;;;;;;;;;;;;;;;;;;;;;;;;;;;;;;;;;/h6H,7H2,1-3H3;3*5,7H,6H2,1-2H3;2*1-3H3;2*4H,1-2H3;;;;;;;;;;;;;;;;;;;;;;;;;;;;;;;;;;;;;;;;;;/q;;;;4*-1;;;;;;;;;;;;;;;;;;;;;;;;;;;;;;;;;;;;;;;;;;. The molecule has 0 saturated carbocycles. The maximum atomic E-state index is 3.19. The van der Waals surface area contributed by atoms with E-state index < -0.39 is 0 Å². The number of hydrogen-bond acceptors (Lipinski definition) is 0. The molecule has 4 aliphatic carbocycles. The topological polar surface area (TPSA) is 0 Å². The van der Waals surface area contributed by atoms with Gasteiger partial charge in [-0.1, -0.05) is 0 Å². The van der Waals surface area contributed by atoms with Crippen molar-refractivity contribution >= 4 is 48.8 Å². The van der Waals surface area contributed by atoms with Gasteiger partial charge in [0.2, 0.25) is 0 Å². The van der Waals surface area contributed by atoms with Crippen molar-refractivity contribution in [3.8, 4) is 0 Å². The molecule has 0 spiro atoms. The Labute approximate surface area is 1130 Å². The van der Waals surface area contributed by atoms with E-state index in [1.54, 1.807) is 208 Å². The SMILES string of the molecule is CC(C)(C)C1=C[C](=[W])[C](=[W])C1.CC(C)(C)[C-]=[W].CC(C)(C)[C-]=[W].CC(C)C1=C[C](=[W])[C](=[W])C1.CC(C)C1=C[C](=[W])[C](=[W])C1.CC(C)C1=C[C](=[W])[C](=[W])C1.CC(C)[C-]=[W].CC(C)[C-]=[W].[W].[W].[W].[W].[W].[W].[W].[W].[W].[W].[W].[W].[W].[W].[W].[W].[W].[W].[W].[W].[W].[W].[W].[W].[W].[W].[W].[W].[W].[W]. The Morgan fingerprint density at radius 3 is 0.441 bits per heavy atom. The molecule has 4 rings (SSSR count). The Morgan fingerprint density at radius 2 is 0.398 bits per heavy atom. The van der Waals surface area contributed by atoms with Crippen LogP contribution >= 0.6 is 0 Å². The summed E-state index contributed by atoms with van der Waals surface area (Å²) in [4.78, 5) is 0. The number of allylic oxidation sites excluding steroid dienone is 8. The first kappa shape index (κ1) is 229. The molecule has 93 heavy (non-hydrogen) atoms. The van der Waals surface area contributed by atoms with Gasteiger partial charge in [0.1, 0.15) is 0 Å². The second-order valence-corrected chi connectivity index (χ2v) is 36.2. The Kier molecular flexibility index (Phi) is 349. The molecule has 0 amide bonds. The molecular formula is C51H74W42-4. The van der Waals surface area contributed by atoms with Gasteiger partial charge in [-0.2, -0.15) is 0 Å². The van der Waals surface area contributed by atoms with Gasteiger partial charge in [0.05, 0.1) is 0 Å². The summed E-state index contributed by atoms with van der Waals surface area (Å²) in [5, 5.41) is 0. The summed E-state index contributed by atoms with van der Waals surface area (Å²) in [6.07, 6.45) is 14.6. The van der Waals surface area contributed by atoms with E-state index in [0.717, 1.165) is 17.8 Å². The van der Waals surface area contributed by atoms with Crippen LogP contribution in [0.15, 0.2) is 46.6 Å². The van der Waals surface area contributed by atoms with E-state index >= 15 is 0 Å². The minimum Gasteiger partial charge on any atom is 0 e. The summed E-state index contributed by atoms with van der Waals surface area (Å²) < 4.78 is 25.6. The van der Waals surface area contributed by atoms with Crippen LogP contribution in [0.1, 0.15) is 157 Å². The molecule has 4 aliphatic rings. The molecule has 0 bridgehead atoms. The quantitative estimate of drug-likeness (QED) is 0.241. The van der Waals surface area contributed by atoms with E-state index in [1.807, 2.05) is 0 Å². The van der Waals surface area contributed by atoms with Crippen molar-refractivity contribution in [2.24, 2.45) is 45.8 Å². The van der Waals surface area contributed by atoms with Gasteiger partial charge < -0.3 is 0 Å². The van der Waals surface area contributed by atoms with Crippen LogP contribution in [0, 0.1) is 45.8 Å². The molecule has 42 heteroatoms. The van der Waals surface area contributed by atoms with Crippen LogP contribution in [0.25, 0.3) is 0 Å². The summed E-state index contributed by atoms with van der Waals surface area (Å²) in [5.74, 6) is 3.61. The molecule has 0 aromatic carbocycles. The molecule has 0 N–H and O–H groups in total. The Bertz CT molecular complexity index is 1650. The van der Waals surface area contributed by atoms with Crippen LogP contribution in [0.4, 0.5) is 0 Å². The summed E-state index contributed by atoms with van der Waals surface area (Å²) in [6.45, 7) is 42.0. The van der Waals surface area contributed by atoms with Crippen LogP contribution in [0.3, 0.4) is 0 Å². The minimum atomic E-state index is 0. The van der Waals surface area contributed by atoms with E-state index in [0.29, 0.717) is 28.1 Å². The molecule has 0 heterocycles. The Hall–Kier alpha value is 26.3. The number of hydrogen-bond donors (Lipinski definition) is 0. The smallest absolute Gasteiger partial charge is 0 e. The van der Waals surface area contributed by atoms with Crippen LogP contribution in [0.2, 0.25) is 0 Å². The van der Waals surface area contributed by atoms with E-state index in [9.17, 15) is 0 Å². The largest absolute Gasteiger partial charge is 0 e. The van der Waals surface area contributed by atoms with Crippen molar-refractivity contribution in [1.82, 2.24) is 0 Å². The summed E-state index contributed by atoms with van der Waals surface area (Å²) >= 11 is 19.0. The van der Waals surface area contributed by atoms with E-state index in [-0.39, 0.29) is 632 Å². The zero-order valence-corrected chi connectivity index (χ0v) is 177. The summed E-state index contributed by atoms with van der Waals surface area (Å²) in [5.41, 5.74) is 7.57. The molecule has 0 aliphatic heterocycles. The van der Waals surface area contributed by atoms with Crippen molar-refractivity contribution in [1.29, 1.82) is 0 Å². The molecule has 0 aromatic heterocycles. The van der Waals surface area contributed by atoms with E-state index in [2.05, 4.69) is 173 Å². The zero-order chi connectivity index (χ0) is 50.8. The van der Waals surface area contributed by atoms with Crippen LogP contribution < -0.4 is 0 Å². The molecule has 0 unspecified atom stereocenters. The monoisotopic (exact) mass is 8410 g/mol. The average Bonchev–Trinajstić information content (AvgIpc) is 3.91. The van der Waals surface area contributed by atoms with E-state index in [1.165, 1.54) is 103 Å². The molecule has 0 saturated heterocycles. The van der Waals surface area contributed by atoms with Crippen molar-refractivity contribution in [3.63, 3.8) is 0 Å². The van der Waals surface area contributed by atoms with Crippen LogP contribution in [0.5, 0.6) is 0 Å². The zero-order valence-electron chi connectivity index (χ0n) is 53.7.